The topological polar surface area (TPSA) is 74.4 Å². The molecule has 2 heterocycles. The highest BCUT2D eigenvalue weighted by atomic mass is 79.9. The lowest BCUT2D eigenvalue weighted by molar-refractivity contribution is 1.05. The van der Waals surface area contributed by atoms with E-state index >= 15 is 0 Å². The van der Waals surface area contributed by atoms with Gasteiger partial charge >= 0.3 is 5.69 Å². The number of nitrogens with zero attached hydrogens (tertiary/aromatic N) is 2. The molecule has 0 bridgehead atoms. The normalized spacial score (nSPS) is 10.4. The van der Waals surface area contributed by atoms with Crippen LogP contribution in [0.5, 0.6) is 0 Å². The molecule has 2 aromatic rings. The fraction of sp³-hybridized carbons (Fsp3) is 0. The van der Waals surface area contributed by atoms with Crippen LogP contribution < -0.4 is 5.69 Å². The molecule has 7 heteroatoms. The molecule has 2 aromatic heterocycles. The lowest BCUT2D eigenvalue weighted by atomic mass is 10.3. The van der Waals surface area contributed by atoms with Crippen molar-refractivity contribution in [1.82, 2.24) is 20.2 Å². The molecular formula is C7H4Br2N4O. The van der Waals surface area contributed by atoms with Gasteiger partial charge in [0.2, 0.25) is 0 Å². The number of pyridine rings is 1. The highest BCUT2D eigenvalue weighted by Crippen LogP contribution is 2.24. The SMILES string of the molecule is O=c1[nH]nc(-c2ncc(Br)cc2Br)[nH]1. The van der Waals surface area contributed by atoms with E-state index in [0.717, 1.165) is 8.95 Å². The fourth-order valence-electron chi connectivity index (χ4n) is 0.971. The van der Waals surface area contributed by atoms with Crippen LogP contribution in [-0.4, -0.2) is 20.2 Å². The largest absolute Gasteiger partial charge is 0.340 e. The first-order valence-corrected chi connectivity index (χ1v) is 5.21. The maximum atomic E-state index is 10.8. The summed E-state index contributed by atoms with van der Waals surface area (Å²) in [5, 5.41) is 6.05. The Balaban J connectivity index is 2.57. The van der Waals surface area contributed by atoms with E-state index in [-0.39, 0.29) is 5.69 Å². The van der Waals surface area contributed by atoms with Gasteiger partial charge in [-0.2, -0.15) is 5.10 Å². The molecule has 0 aliphatic carbocycles. The van der Waals surface area contributed by atoms with E-state index in [1.54, 1.807) is 6.20 Å². The quantitative estimate of drug-likeness (QED) is 0.840. The first-order chi connectivity index (χ1) is 6.66. The van der Waals surface area contributed by atoms with Crippen molar-refractivity contribution >= 4 is 31.9 Å². The molecule has 2 rings (SSSR count). The van der Waals surface area contributed by atoms with Crippen LogP contribution in [0.25, 0.3) is 11.5 Å². The third-order valence-electron chi connectivity index (χ3n) is 1.53. The number of aromatic amines is 2. The maximum absolute atomic E-state index is 10.8. The van der Waals surface area contributed by atoms with Crippen LogP contribution >= 0.6 is 31.9 Å². The van der Waals surface area contributed by atoms with Gasteiger partial charge in [-0.25, -0.2) is 9.89 Å². The van der Waals surface area contributed by atoms with Gasteiger partial charge in [-0.15, -0.1) is 0 Å². The van der Waals surface area contributed by atoms with Crippen molar-refractivity contribution in [2.45, 2.75) is 0 Å². The molecule has 0 saturated heterocycles. The summed E-state index contributed by atoms with van der Waals surface area (Å²) < 4.78 is 1.61. The summed E-state index contributed by atoms with van der Waals surface area (Å²) in [5.74, 6) is 0.411. The summed E-state index contributed by atoms with van der Waals surface area (Å²) in [5.41, 5.74) is 0.239. The Morgan fingerprint density at radius 3 is 2.71 bits per heavy atom. The Bertz CT molecular complexity index is 518. The molecule has 0 unspecified atom stereocenters. The summed E-state index contributed by atoms with van der Waals surface area (Å²) in [6, 6.07) is 1.83. The Hall–Kier alpha value is -0.950. The molecule has 0 aliphatic rings. The van der Waals surface area contributed by atoms with Gasteiger partial charge < -0.3 is 0 Å². The Morgan fingerprint density at radius 2 is 2.14 bits per heavy atom. The first-order valence-electron chi connectivity index (χ1n) is 3.63. The monoisotopic (exact) mass is 318 g/mol. The van der Waals surface area contributed by atoms with Gasteiger partial charge in [0, 0.05) is 15.1 Å². The third kappa shape index (κ3) is 1.78. The molecule has 0 amide bonds. The first kappa shape index (κ1) is 9.60. The van der Waals surface area contributed by atoms with E-state index in [1.165, 1.54) is 0 Å². The Labute approximate surface area is 95.2 Å². The van der Waals surface area contributed by atoms with Gasteiger partial charge in [-0.05, 0) is 37.9 Å². The lowest BCUT2D eigenvalue weighted by Gasteiger charge is -1.98. The molecule has 14 heavy (non-hydrogen) atoms. The number of rotatable bonds is 1. The highest BCUT2D eigenvalue weighted by molar-refractivity contribution is 9.11. The van der Waals surface area contributed by atoms with E-state index in [4.69, 9.17) is 0 Å². The van der Waals surface area contributed by atoms with E-state index in [1.807, 2.05) is 6.07 Å². The van der Waals surface area contributed by atoms with Crippen molar-refractivity contribution in [2.75, 3.05) is 0 Å². The lowest BCUT2D eigenvalue weighted by Crippen LogP contribution is -2.00. The molecule has 0 aliphatic heterocycles. The zero-order valence-electron chi connectivity index (χ0n) is 6.71. The smallest absolute Gasteiger partial charge is 0.288 e. The molecule has 0 fully saturated rings. The van der Waals surface area contributed by atoms with Gasteiger partial charge in [0.1, 0.15) is 5.69 Å². The average Bonchev–Trinajstić information content (AvgIpc) is 2.51. The van der Waals surface area contributed by atoms with Crippen molar-refractivity contribution in [3.8, 4) is 11.5 Å². The van der Waals surface area contributed by atoms with Gasteiger partial charge in [0.05, 0.1) is 0 Å². The Morgan fingerprint density at radius 1 is 1.36 bits per heavy atom. The number of aromatic nitrogens is 4. The van der Waals surface area contributed by atoms with Crippen molar-refractivity contribution < 1.29 is 0 Å². The van der Waals surface area contributed by atoms with Crippen LogP contribution in [0.1, 0.15) is 0 Å². The minimum Gasteiger partial charge on any atom is -0.288 e. The number of H-pyrrole nitrogens is 2. The summed E-state index contributed by atoms with van der Waals surface area (Å²) in [7, 11) is 0. The summed E-state index contributed by atoms with van der Waals surface area (Å²) >= 11 is 6.61. The van der Waals surface area contributed by atoms with Crippen molar-refractivity contribution in [3.05, 3.63) is 31.7 Å². The molecule has 2 N–H and O–H groups in total. The Kier molecular flexibility index (Phi) is 2.51. The fourth-order valence-corrected chi connectivity index (χ4v) is 2.15. The minimum absolute atomic E-state index is 0.350. The molecular weight excluding hydrogens is 316 g/mol. The summed E-state index contributed by atoms with van der Waals surface area (Å²) in [6.07, 6.45) is 1.63. The van der Waals surface area contributed by atoms with Gasteiger partial charge in [-0.3, -0.25) is 9.97 Å². The maximum Gasteiger partial charge on any atom is 0.340 e. The van der Waals surface area contributed by atoms with E-state index < -0.39 is 0 Å². The predicted octanol–water partition coefficient (Wildman–Crippen LogP) is 1.68. The van der Waals surface area contributed by atoms with Crippen LogP contribution in [0.2, 0.25) is 0 Å². The molecule has 0 radical (unpaired) electrons. The van der Waals surface area contributed by atoms with E-state index in [2.05, 4.69) is 52.0 Å². The molecule has 5 nitrogen and oxygen atoms in total. The zero-order valence-corrected chi connectivity index (χ0v) is 9.89. The average molecular weight is 320 g/mol. The van der Waals surface area contributed by atoms with Crippen molar-refractivity contribution in [1.29, 1.82) is 0 Å². The zero-order chi connectivity index (χ0) is 10.1. The standard InChI is InChI=1S/C7H4Br2N4O/c8-3-1-4(9)5(10-2-3)6-11-7(14)13-12-6/h1-2H,(H2,11,12,13,14). The minimum atomic E-state index is -0.350. The molecule has 0 atom stereocenters. The van der Waals surface area contributed by atoms with Gasteiger partial charge in [0.25, 0.3) is 0 Å². The number of hydrogen-bond donors (Lipinski definition) is 2. The molecule has 72 valence electrons. The van der Waals surface area contributed by atoms with E-state index in [9.17, 15) is 4.79 Å². The number of nitrogens with one attached hydrogen (secondary N) is 2. The van der Waals surface area contributed by atoms with Crippen LogP contribution in [-0.2, 0) is 0 Å². The van der Waals surface area contributed by atoms with Crippen molar-refractivity contribution in [3.63, 3.8) is 0 Å². The highest BCUT2D eigenvalue weighted by Gasteiger charge is 2.08. The number of halogens is 2. The third-order valence-corrected chi connectivity index (χ3v) is 2.57. The van der Waals surface area contributed by atoms with Crippen LogP contribution in [0.15, 0.2) is 26.0 Å². The molecule has 0 saturated carbocycles. The molecule has 0 spiro atoms. The summed E-state index contributed by atoms with van der Waals surface area (Å²) in [4.78, 5) is 17.5. The second kappa shape index (κ2) is 3.66. The van der Waals surface area contributed by atoms with Crippen LogP contribution in [0, 0.1) is 0 Å². The van der Waals surface area contributed by atoms with Gasteiger partial charge in [-0.1, -0.05) is 0 Å². The predicted molar refractivity (Wildman–Crippen MR) is 57.8 cm³/mol. The molecule has 0 aromatic carbocycles. The van der Waals surface area contributed by atoms with Gasteiger partial charge in [0.15, 0.2) is 5.82 Å². The number of hydrogen-bond acceptors (Lipinski definition) is 3. The van der Waals surface area contributed by atoms with Crippen molar-refractivity contribution in [2.24, 2.45) is 0 Å². The van der Waals surface area contributed by atoms with E-state index in [0.29, 0.717) is 11.5 Å². The summed E-state index contributed by atoms with van der Waals surface area (Å²) in [6.45, 7) is 0. The van der Waals surface area contributed by atoms with Crippen LogP contribution in [0.4, 0.5) is 0 Å². The van der Waals surface area contributed by atoms with Crippen LogP contribution in [0.3, 0.4) is 0 Å². The second-order valence-corrected chi connectivity index (χ2v) is 4.28. The second-order valence-electron chi connectivity index (χ2n) is 2.51.